The van der Waals surface area contributed by atoms with Gasteiger partial charge in [-0.05, 0) is 25.5 Å². The van der Waals surface area contributed by atoms with Crippen LogP contribution >= 0.6 is 22.9 Å². The Balaban J connectivity index is 2.07. The topological polar surface area (TPSA) is 54.7 Å². The Bertz CT molecular complexity index is 461. The third-order valence-corrected chi connectivity index (χ3v) is 3.57. The number of imidazole rings is 1. The van der Waals surface area contributed by atoms with Gasteiger partial charge in [0.25, 0.3) is 0 Å². The van der Waals surface area contributed by atoms with Crippen molar-refractivity contribution in [3.63, 3.8) is 0 Å². The Labute approximate surface area is 104 Å². The van der Waals surface area contributed by atoms with Gasteiger partial charge in [0.1, 0.15) is 5.82 Å². The Morgan fingerprint density at radius 1 is 1.56 bits per heavy atom. The van der Waals surface area contributed by atoms with Crippen LogP contribution in [0, 0.1) is 0 Å². The van der Waals surface area contributed by atoms with Crippen LogP contribution in [0.1, 0.15) is 19.2 Å². The molecule has 0 aliphatic rings. The lowest BCUT2D eigenvalue weighted by Gasteiger charge is -2.01. The van der Waals surface area contributed by atoms with E-state index >= 15 is 0 Å². The molecule has 5 heteroatoms. The van der Waals surface area contributed by atoms with Crippen LogP contribution in [-0.4, -0.2) is 16.0 Å². The lowest BCUT2D eigenvalue weighted by atomic mass is 10.2. The zero-order chi connectivity index (χ0) is 11.5. The third kappa shape index (κ3) is 2.84. The number of nitrogens with one attached hydrogen (secondary N) is 1. The number of aromatic nitrogens is 2. The van der Waals surface area contributed by atoms with E-state index in [2.05, 4.69) is 9.97 Å². The molecule has 0 radical (unpaired) electrons. The van der Waals surface area contributed by atoms with Crippen molar-refractivity contribution in [2.45, 2.75) is 25.8 Å². The molecule has 1 atom stereocenters. The second-order valence-electron chi connectivity index (χ2n) is 3.86. The molecule has 0 saturated carbocycles. The monoisotopic (exact) mass is 255 g/mol. The van der Waals surface area contributed by atoms with Crippen molar-refractivity contribution < 1.29 is 0 Å². The molecule has 0 bridgehead atoms. The van der Waals surface area contributed by atoms with E-state index in [1.807, 2.05) is 25.3 Å². The van der Waals surface area contributed by atoms with Crippen LogP contribution in [0.15, 0.2) is 18.3 Å². The molecule has 0 aliphatic carbocycles. The number of hydrogen-bond donors (Lipinski definition) is 2. The van der Waals surface area contributed by atoms with Crippen molar-refractivity contribution in [3.05, 3.63) is 28.5 Å². The molecule has 2 aromatic heterocycles. The number of nitrogens with two attached hydrogens (primary N) is 1. The number of thiophene rings is 1. The van der Waals surface area contributed by atoms with Gasteiger partial charge in [-0.3, -0.25) is 0 Å². The predicted molar refractivity (Wildman–Crippen MR) is 68.9 cm³/mol. The van der Waals surface area contributed by atoms with Crippen molar-refractivity contribution in [1.82, 2.24) is 9.97 Å². The van der Waals surface area contributed by atoms with Crippen molar-refractivity contribution in [3.8, 4) is 10.6 Å². The standard InChI is InChI=1S/C11H14ClN3S/c1-7(13)2-5-11-14-6-8(15-11)9-3-4-10(12)16-9/h3-4,6-7H,2,5,13H2,1H3,(H,14,15). The largest absolute Gasteiger partial charge is 0.341 e. The zero-order valence-electron chi connectivity index (χ0n) is 9.03. The van der Waals surface area contributed by atoms with Crippen molar-refractivity contribution in [2.75, 3.05) is 0 Å². The summed E-state index contributed by atoms with van der Waals surface area (Å²) in [6.45, 7) is 2.00. The molecular formula is C11H14ClN3S. The summed E-state index contributed by atoms with van der Waals surface area (Å²) >= 11 is 7.44. The number of nitrogens with zero attached hydrogens (tertiary/aromatic N) is 1. The highest BCUT2D eigenvalue weighted by atomic mass is 35.5. The Morgan fingerprint density at radius 3 is 3.00 bits per heavy atom. The quantitative estimate of drug-likeness (QED) is 0.882. The smallest absolute Gasteiger partial charge is 0.106 e. The summed E-state index contributed by atoms with van der Waals surface area (Å²) in [4.78, 5) is 8.72. The van der Waals surface area contributed by atoms with Crippen LogP contribution in [0.5, 0.6) is 0 Å². The van der Waals surface area contributed by atoms with Gasteiger partial charge >= 0.3 is 0 Å². The summed E-state index contributed by atoms with van der Waals surface area (Å²) in [5.74, 6) is 0.983. The minimum atomic E-state index is 0.213. The Kier molecular flexibility index (Phi) is 3.63. The van der Waals surface area contributed by atoms with Gasteiger partial charge in [0.05, 0.1) is 21.1 Å². The van der Waals surface area contributed by atoms with E-state index in [9.17, 15) is 0 Å². The van der Waals surface area contributed by atoms with E-state index in [1.165, 1.54) is 0 Å². The van der Waals surface area contributed by atoms with E-state index in [0.717, 1.165) is 33.6 Å². The van der Waals surface area contributed by atoms with Gasteiger partial charge in [-0.25, -0.2) is 4.98 Å². The highest BCUT2D eigenvalue weighted by Crippen LogP contribution is 2.29. The summed E-state index contributed by atoms with van der Waals surface area (Å²) in [7, 11) is 0. The van der Waals surface area contributed by atoms with Gasteiger partial charge in [-0.15, -0.1) is 11.3 Å². The van der Waals surface area contributed by atoms with E-state index in [0.29, 0.717) is 0 Å². The average Bonchev–Trinajstić information content (AvgIpc) is 2.83. The third-order valence-electron chi connectivity index (χ3n) is 2.30. The maximum Gasteiger partial charge on any atom is 0.106 e. The molecule has 0 aliphatic heterocycles. The summed E-state index contributed by atoms with van der Waals surface area (Å²) in [5.41, 5.74) is 6.73. The predicted octanol–water partition coefficient (Wildman–Crippen LogP) is 3.07. The van der Waals surface area contributed by atoms with Crippen LogP contribution < -0.4 is 5.73 Å². The first-order chi connectivity index (χ1) is 7.65. The normalized spacial score (nSPS) is 12.9. The van der Waals surface area contributed by atoms with E-state index in [-0.39, 0.29) is 6.04 Å². The van der Waals surface area contributed by atoms with Gasteiger partial charge in [0, 0.05) is 12.5 Å². The highest BCUT2D eigenvalue weighted by Gasteiger charge is 2.06. The fourth-order valence-electron chi connectivity index (χ4n) is 1.44. The van der Waals surface area contributed by atoms with E-state index in [4.69, 9.17) is 17.3 Å². The molecule has 16 heavy (non-hydrogen) atoms. The minimum absolute atomic E-state index is 0.213. The molecule has 0 saturated heterocycles. The number of aryl methyl sites for hydroxylation is 1. The molecule has 2 aromatic rings. The SMILES string of the molecule is CC(N)CCc1ncc(-c2ccc(Cl)s2)[nH]1. The molecule has 3 N–H and O–H groups in total. The van der Waals surface area contributed by atoms with Crippen LogP contribution in [-0.2, 0) is 6.42 Å². The number of rotatable bonds is 4. The molecule has 86 valence electrons. The summed E-state index contributed by atoms with van der Waals surface area (Å²) in [6, 6.07) is 4.10. The van der Waals surface area contributed by atoms with Gasteiger partial charge in [-0.1, -0.05) is 11.6 Å². The highest BCUT2D eigenvalue weighted by molar-refractivity contribution is 7.19. The van der Waals surface area contributed by atoms with E-state index in [1.54, 1.807) is 11.3 Å². The Morgan fingerprint density at radius 2 is 2.38 bits per heavy atom. The Hall–Kier alpha value is -0.840. The average molecular weight is 256 g/mol. The molecule has 0 spiro atoms. The second-order valence-corrected chi connectivity index (χ2v) is 5.58. The molecule has 0 amide bonds. The first-order valence-corrected chi connectivity index (χ1v) is 6.40. The van der Waals surface area contributed by atoms with Crippen LogP contribution in [0.2, 0.25) is 4.34 Å². The number of hydrogen-bond acceptors (Lipinski definition) is 3. The van der Waals surface area contributed by atoms with Crippen molar-refractivity contribution in [2.24, 2.45) is 5.73 Å². The minimum Gasteiger partial charge on any atom is -0.341 e. The summed E-state index contributed by atoms with van der Waals surface area (Å²) in [5, 5.41) is 0. The van der Waals surface area contributed by atoms with E-state index < -0.39 is 0 Å². The fourth-order valence-corrected chi connectivity index (χ4v) is 2.45. The molecule has 0 aromatic carbocycles. The first-order valence-electron chi connectivity index (χ1n) is 5.20. The molecule has 0 fully saturated rings. The molecule has 2 rings (SSSR count). The molecule has 3 nitrogen and oxygen atoms in total. The zero-order valence-corrected chi connectivity index (χ0v) is 10.6. The lowest BCUT2D eigenvalue weighted by Crippen LogP contribution is -2.15. The van der Waals surface area contributed by atoms with Crippen LogP contribution in [0.3, 0.4) is 0 Å². The molecule has 1 unspecified atom stereocenters. The summed E-state index contributed by atoms with van der Waals surface area (Å²) in [6.07, 6.45) is 3.67. The molecule has 2 heterocycles. The van der Waals surface area contributed by atoms with Gasteiger partial charge in [0.2, 0.25) is 0 Å². The lowest BCUT2D eigenvalue weighted by molar-refractivity contribution is 0.652. The summed E-state index contributed by atoms with van der Waals surface area (Å²) < 4.78 is 0.793. The number of halogens is 1. The maximum absolute atomic E-state index is 5.89. The van der Waals surface area contributed by atoms with Gasteiger partial charge in [-0.2, -0.15) is 0 Å². The van der Waals surface area contributed by atoms with Gasteiger partial charge in [0.15, 0.2) is 0 Å². The van der Waals surface area contributed by atoms with Gasteiger partial charge < -0.3 is 10.7 Å². The number of H-pyrrole nitrogens is 1. The van der Waals surface area contributed by atoms with Crippen LogP contribution in [0.25, 0.3) is 10.6 Å². The first kappa shape index (κ1) is 11.6. The fraction of sp³-hybridized carbons (Fsp3) is 0.364. The maximum atomic E-state index is 5.89. The van der Waals surface area contributed by atoms with Crippen LogP contribution in [0.4, 0.5) is 0 Å². The number of aromatic amines is 1. The molecular weight excluding hydrogens is 242 g/mol. The second kappa shape index (κ2) is 4.99. The van der Waals surface area contributed by atoms with Crippen molar-refractivity contribution in [1.29, 1.82) is 0 Å². The van der Waals surface area contributed by atoms with Crippen molar-refractivity contribution >= 4 is 22.9 Å².